The van der Waals surface area contributed by atoms with Gasteiger partial charge in [-0.05, 0) is 128 Å². The Morgan fingerprint density at radius 1 is 0.273 bits per heavy atom. The summed E-state index contributed by atoms with van der Waals surface area (Å²) in [4.78, 5) is 24.7. The maximum absolute atomic E-state index is 12.4. The summed E-state index contributed by atoms with van der Waals surface area (Å²) in [7, 11) is 0. The standard InChI is InChI=1S/C83H138O5/c1-3-5-7-9-11-13-15-17-19-21-23-25-27-29-31-33-35-37-39-40-41-42-44-46-48-50-52-54-56-58-60-62-64-66-68-70-72-74-76-78-83(86)88-81(79-84)80-87-82(85)77-75-73-71-69-67-65-63-61-59-57-55-53-51-49-47-45-43-38-36-34-32-30-28-26-24-22-20-18-16-14-12-10-8-6-4-2/h5,7,11,13,16-19,22-25,29,31,35,37,40-41,44,46,50,52,56,58,62,64,81,84H,3-4,6,8-10,12,14-15,20-21,26-28,30,32-34,36,38-39,42-43,45,47-49,51,53-55,57,59-61,63,65-80H2,1-2H3/b7-5-,13-11-,18-16-,19-17-,24-22-,25-23-,31-29-,37-35-,41-40-,46-44-,52-50-,58-56-,64-62-. The number of rotatable bonds is 67. The van der Waals surface area contributed by atoms with Gasteiger partial charge in [0, 0.05) is 12.8 Å². The second kappa shape index (κ2) is 76.8. The van der Waals surface area contributed by atoms with E-state index in [0.29, 0.717) is 12.8 Å². The van der Waals surface area contributed by atoms with Crippen LogP contribution in [0.1, 0.15) is 335 Å². The van der Waals surface area contributed by atoms with Gasteiger partial charge in [0.05, 0.1) is 6.61 Å². The number of allylic oxidation sites excluding steroid dienone is 26. The van der Waals surface area contributed by atoms with Crippen molar-refractivity contribution in [3.63, 3.8) is 0 Å². The van der Waals surface area contributed by atoms with Crippen molar-refractivity contribution in [1.29, 1.82) is 0 Å². The predicted molar refractivity (Wildman–Crippen MR) is 389 cm³/mol. The van der Waals surface area contributed by atoms with Gasteiger partial charge in [-0.25, -0.2) is 0 Å². The first-order valence-electron chi connectivity index (χ1n) is 37.0. The highest BCUT2D eigenvalue weighted by atomic mass is 16.6. The number of esters is 2. The number of hydrogen-bond acceptors (Lipinski definition) is 5. The van der Waals surface area contributed by atoms with E-state index in [2.05, 4.69) is 172 Å². The molecule has 1 unspecified atom stereocenters. The lowest BCUT2D eigenvalue weighted by Crippen LogP contribution is -2.28. The smallest absolute Gasteiger partial charge is 0.306 e. The van der Waals surface area contributed by atoms with Gasteiger partial charge >= 0.3 is 11.9 Å². The molecule has 0 aromatic rings. The van der Waals surface area contributed by atoms with Crippen molar-refractivity contribution in [2.75, 3.05) is 13.2 Å². The van der Waals surface area contributed by atoms with E-state index in [1.54, 1.807) is 0 Å². The maximum Gasteiger partial charge on any atom is 0.306 e. The third kappa shape index (κ3) is 74.0. The summed E-state index contributed by atoms with van der Waals surface area (Å²) in [6.07, 6.45) is 117. The number of aliphatic hydroxyl groups is 1. The molecule has 0 radical (unpaired) electrons. The molecule has 0 aliphatic heterocycles. The molecule has 5 nitrogen and oxygen atoms in total. The fourth-order valence-electron chi connectivity index (χ4n) is 10.3. The van der Waals surface area contributed by atoms with Crippen LogP contribution in [0.4, 0.5) is 0 Å². The van der Waals surface area contributed by atoms with Crippen LogP contribution in [0.15, 0.2) is 158 Å². The molecule has 0 heterocycles. The largest absolute Gasteiger partial charge is 0.462 e. The third-order valence-electron chi connectivity index (χ3n) is 15.8. The molecule has 0 saturated carbocycles. The fraction of sp³-hybridized carbons (Fsp3) is 0.663. The Hall–Kier alpha value is -4.48. The molecule has 1 atom stereocenters. The van der Waals surface area contributed by atoms with Gasteiger partial charge in [0.15, 0.2) is 6.10 Å². The molecule has 1 N–H and O–H groups in total. The van der Waals surface area contributed by atoms with Crippen LogP contribution >= 0.6 is 0 Å². The highest BCUT2D eigenvalue weighted by Gasteiger charge is 2.16. The van der Waals surface area contributed by atoms with Gasteiger partial charge in [0.1, 0.15) is 6.61 Å². The number of unbranched alkanes of at least 4 members (excludes halogenated alkanes) is 33. The van der Waals surface area contributed by atoms with Gasteiger partial charge in [-0.15, -0.1) is 0 Å². The summed E-state index contributed by atoms with van der Waals surface area (Å²) >= 11 is 0. The highest BCUT2D eigenvalue weighted by Crippen LogP contribution is 2.17. The Balaban J connectivity index is 3.55. The van der Waals surface area contributed by atoms with Crippen molar-refractivity contribution >= 4 is 11.9 Å². The summed E-state index contributed by atoms with van der Waals surface area (Å²) < 4.78 is 10.8. The molecule has 0 amide bonds. The summed E-state index contributed by atoms with van der Waals surface area (Å²) in [6.45, 7) is 4.02. The Morgan fingerprint density at radius 3 is 0.739 bits per heavy atom. The summed E-state index contributed by atoms with van der Waals surface area (Å²) in [5.74, 6) is -0.610. The van der Waals surface area contributed by atoms with Crippen LogP contribution in [0.2, 0.25) is 0 Å². The molecule has 0 aliphatic carbocycles. The zero-order valence-corrected chi connectivity index (χ0v) is 57.4. The summed E-state index contributed by atoms with van der Waals surface area (Å²) in [6, 6.07) is 0. The minimum Gasteiger partial charge on any atom is -0.462 e. The number of carbonyl (C=O) groups is 2. The second-order valence-corrected chi connectivity index (χ2v) is 24.3. The predicted octanol–water partition coefficient (Wildman–Crippen LogP) is 26.2. The van der Waals surface area contributed by atoms with Crippen molar-refractivity contribution in [3.8, 4) is 0 Å². The first-order chi connectivity index (χ1) is 43.6. The van der Waals surface area contributed by atoms with Crippen LogP contribution in [-0.2, 0) is 19.1 Å². The molecule has 0 saturated heterocycles. The maximum atomic E-state index is 12.4. The van der Waals surface area contributed by atoms with E-state index in [1.165, 1.54) is 173 Å². The molecular formula is C83H138O5. The first kappa shape index (κ1) is 83.5. The molecule has 88 heavy (non-hydrogen) atoms. The van der Waals surface area contributed by atoms with Crippen molar-refractivity contribution < 1.29 is 24.2 Å². The van der Waals surface area contributed by atoms with Crippen molar-refractivity contribution in [2.45, 2.75) is 341 Å². The third-order valence-corrected chi connectivity index (χ3v) is 15.8. The lowest BCUT2D eigenvalue weighted by molar-refractivity contribution is -0.161. The van der Waals surface area contributed by atoms with E-state index in [1.807, 2.05) is 0 Å². The minimum atomic E-state index is -0.794. The zero-order valence-electron chi connectivity index (χ0n) is 57.4. The van der Waals surface area contributed by atoms with E-state index in [9.17, 15) is 14.7 Å². The lowest BCUT2D eigenvalue weighted by atomic mass is 10.0. The van der Waals surface area contributed by atoms with E-state index in [-0.39, 0.29) is 25.2 Å². The van der Waals surface area contributed by atoms with E-state index < -0.39 is 6.10 Å². The second-order valence-electron chi connectivity index (χ2n) is 24.3. The highest BCUT2D eigenvalue weighted by molar-refractivity contribution is 5.70. The quantitative estimate of drug-likeness (QED) is 0.0373. The van der Waals surface area contributed by atoms with Gasteiger partial charge in [0.25, 0.3) is 0 Å². The van der Waals surface area contributed by atoms with Gasteiger partial charge in [-0.2, -0.15) is 0 Å². The van der Waals surface area contributed by atoms with Gasteiger partial charge in [-0.3, -0.25) is 9.59 Å². The average molecular weight is 1220 g/mol. The van der Waals surface area contributed by atoms with Crippen LogP contribution in [0.25, 0.3) is 0 Å². The monoisotopic (exact) mass is 1220 g/mol. The topological polar surface area (TPSA) is 72.8 Å². The van der Waals surface area contributed by atoms with Gasteiger partial charge < -0.3 is 14.6 Å². The average Bonchev–Trinajstić information content (AvgIpc) is 3.54. The Morgan fingerprint density at radius 2 is 0.489 bits per heavy atom. The van der Waals surface area contributed by atoms with E-state index in [0.717, 1.165) is 135 Å². The van der Waals surface area contributed by atoms with Crippen LogP contribution in [0.5, 0.6) is 0 Å². The molecular weight excluding hydrogens is 1080 g/mol. The number of aliphatic hydroxyl groups excluding tert-OH is 1. The molecule has 0 fully saturated rings. The first-order valence-corrected chi connectivity index (χ1v) is 37.0. The SMILES string of the molecule is CC/C=C\C/C=C\C/C=C\C/C=C\C/C=C\C/C=C\C/C=C\C/C=C\C/C=C\C/C=C\C/C=C\CCCCCCCC(=O)OC(CO)COC(=O)CCCCCCCCCCCCCCCCCCCCCCCCC/C=C\C/C=C\CCCCCCC. The normalized spacial score (nSPS) is 13.2. The molecule has 0 aliphatic rings. The van der Waals surface area contributed by atoms with E-state index >= 15 is 0 Å². The Kier molecular flexibility index (Phi) is 72.9. The molecule has 0 spiro atoms. The van der Waals surface area contributed by atoms with Gasteiger partial charge in [0.2, 0.25) is 0 Å². The summed E-state index contributed by atoms with van der Waals surface area (Å²) in [5, 5.41) is 9.71. The van der Waals surface area contributed by atoms with Crippen LogP contribution in [-0.4, -0.2) is 36.4 Å². The lowest BCUT2D eigenvalue weighted by Gasteiger charge is -2.15. The zero-order chi connectivity index (χ0) is 63.3. The molecule has 0 aromatic heterocycles. The number of ether oxygens (including phenoxy) is 2. The number of carbonyl (C=O) groups excluding carboxylic acids is 2. The minimum absolute atomic E-state index is 0.0798. The van der Waals surface area contributed by atoms with Crippen molar-refractivity contribution in [2.24, 2.45) is 0 Å². The van der Waals surface area contributed by atoms with Crippen LogP contribution < -0.4 is 0 Å². The fourth-order valence-corrected chi connectivity index (χ4v) is 10.3. The van der Waals surface area contributed by atoms with E-state index in [4.69, 9.17) is 9.47 Å². The van der Waals surface area contributed by atoms with Crippen LogP contribution in [0.3, 0.4) is 0 Å². The summed E-state index contributed by atoms with van der Waals surface area (Å²) in [5.41, 5.74) is 0. The van der Waals surface area contributed by atoms with Crippen LogP contribution in [0, 0.1) is 0 Å². The molecule has 0 rings (SSSR count). The molecule has 0 bridgehead atoms. The Bertz CT molecular complexity index is 1860. The molecule has 500 valence electrons. The Labute approximate surface area is 545 Å². The van der Waals surface area contributed by atoms with Crippen molar-refractivity contribution in [1.82, 2.24) is 0 Å². The van der Waals surface area contributed by atoms with Gasteiger partial charge in [-0.1, -0.05) is 352 Å². The molecule has 0 aromatic carbocycles. The molecule has 5 heteroatoms. The number of hydrogen-bond donors (Lipinski definition) is 1. The van der Waals surface area contributed by atoms with Crippen molar-refractivity contribution in [3.05, 3.63) is 158 Å².